The van der Waals surface area contributed by atoms with Crippen molar-refractivity contribution >= 4 is 17.3 Å². The highest BCUT2D eigenvalue weighted by atomic mass is 16.2. The first-order valence-corrected chi connectivity index (χ1v) is 7.94. The zero-order chi connectivity index (χ0) is 15.4. The first-order valence-electron chi connectivity index (χ1n) is 7.94. The molecule has 1 amide bonds. The third-order valence-electron chi connectivity index (χ3n) is 4.49. The number of anilines is 2. The number of piperidine rings is 1. The second kappa shape index (κ2) is 6.71. The highest BCUT2D eigenvalue weighted by Crippen LogP contribution is 2.28. The van der Waals surface area contributed by atoms with Crippen LogP contribution in [-0.4, -0.2) is 32.1 Å². The molecule has 0 radical (unpaired) electrons. The van der Waals surface area contributed by atoms with Gasteiger partial charge in [-0.15, -0.1) is 0 Å². The van der Waals surface area contributed by atoms with Crippen molar-refractivity contribution < 1.29 is 4.79 Å². The van der Waals surface area contributed by atoms with E-state index in [1.165, 1.54) is 24.9 Å². The smallest absolute Gasteiger partial charge is 0.227 e. The number of carbonyl (C=O) groups excluding carboxylic acids is 1. The molecule has 1 unspecified atom stereocenters. The molecule has 0 bridgehead atoms. The molecule has 2 fully saturated rings. The van der Waals surface area contributed by atoms with Crippen molar-refractivity contribution in [1.82, 2.24) is 0 Å². The van der Waals surface area contributed by atoms with E-state index in [4.69, 9.17) is 5.53 Å². The molecule has 2 saturated heterocycles. The van der Waals surface area contributed by atoms with Crippen LogP contribution in [0.4, 0.5) is 11.4 Å². The van der Waals surface area contributed by atoms with Gasteiger partial charge in [0.2, 0.25) is 5.91 Å². The maximum Gasteiger partial charge on any atom is 0.227 e. The van der Waals surface area contributed by atoms with Crippen molar-refractivity contribution in [2.75, 3.05) is 36.0 Å². The summed E-state index contributed by atoms with van der Waals surface area (Å²) in [5.41, 5.74) is 10.6. The maximum atomic E-state index is 12.1. The van der Waals surface area contributed by atoms with Gasteiger partial charge in [-0.2, -0.15) is 0 Å². The zero-order valence-electron chi connectivity index (χ0n) is 12.7. The Kier molecular flexibility index (Phi) is 4.49. The third kappa shape index (κ3) is 3.17. The summed E-state index contributed by atoms with van der Waals surface area (Å²) in [7, 11) is 0. The van der Waals surface area contributed by atoms with E-state index in [0.717, 1.165) is 18.8 Å². The van der Waals surface area contributed by atoms with Gasteiger partial charge in [0.1, 0.15) is 0 Å². The number of hydrogen-bond acceptors (Lipinski definition) is 3. The Morgan fingerprint density at radius 1 is 1.14 bits per heavy atom. The Bertz CT molecular complexity index is 573. The van der Waals surface area contributed by atoms with Gasteiger partial charge in [-0.3, -0.25) is 4.79 Å². The predicted molar refractivity (Wildman–Crippen MR) is 87.0 cm³/mol. The van der Waals surface area contributed by atoms with Crippen LogP contribution in [0.2, 0.25) is 0 Å². The lowest BCUT2D eigenvalue weighted by Crippen LogP contribution is -2.29. The summed E-state index contributed by atoms with van der Waals surface area (Å²) in [6, 6.07) is 8.26. The lowest BCUT2D eigenvalue weighted by atomic mass is 10.1. The van der Waals surface area contributed by atoms with Gasteiger partial charge in [0, 0.05) is 48.9 Å². The van der Waals surface area contributed by atoms with E-state index < -0.39 is 0 Å². The molecule has 0 aromatic heterocycles. The third-order valence-corrected chi connectivity index (χ3v) is 4.49. The second-order valence-electron chi connectivity index (χ2n) is 6.05. The van der Waals surface area contributed by atoms with Crippen molar-refractivity contribution in [1.29, 1.82) is 0 Å². The average Bonchev–Trinajstić information content (AvgIpc) is 2.95. The molecule has 0 spiro atoms. The molecule has 0 aliphatic carbocycles. The molecule has 1 aromatic carbocycles. The summed E-state index contributed by atoms with van der Waals surface area (Å²) >= 11 is 0. The molecule has 2 heterocycles. The van der Waals surface area contributed by atoms with Crippen LogP contribution in [0.5, 0.6) is 0 Å². The highest BCUT2D eigenvalue weighted by Gasteiger charge is 2.30. The standard InChI is InChI=1S/C16H21N5O/c17-19-18-11-13-10-16(22)21(12-13)15-6-4-14(5-7-15)20-8-2-1-3-9-20/h4-7,13H,1-3,8-12H2. The first-order chi connectivity index (χ1) is 10.8. The Morgan fingerprint density at radius 3 is 2.50 bits per heavy atom. The maximum absolute atomic E-state index is 12.1. The van der Waals surface area contributed by atoms with E-state index in [-0.39, 0.29) is 11.8 Å². The molecule has 6 nitrogen and oxygen atoms in total. The summed E-state index contributed by atoms with van der Waals surface area (Å²) in [6.45, 7) is 3.28. The lowest BCUT2D eigenvalue weighted by Gasteiger charge is -2.29. The molecular weight excluding hydrogens is 278 g/mol. The largest absolute Gasteiger partial charge is 0.372 e. The van der Waals surface area contributed by atoms with E-state index in [1.54, 1.807) is 4.90 Å². The van der Waals surface area contributed by atoms with Crippen molar-refractivity contribution in [2.24, 2.45) is 11.0 Å². The van der Waals surface area contributed by atoms with Crippen LogP contribution in [0, 0.1) is 5.92 Å². The van der Waals surface area contributed by atoms with Crippen molar-refractivity contribution in [3.05, 3.63) is 34.7 Å². The fraction of sp³-hybridized carbons (Fsp3) is 0.562. The normalized spacial score (nSPS) is 21.8. The summed E-state index contributed by atoms with van der Waals surface area (Å²) < 4.78 is 0. The van der Waals surface area contributed by atoms with Gasteiger partial charge in [-0.25, -0.2) is 0 Å². The van der Waals surface area contributed by atoms with Gasteiger partial charge in [0.05, 0.1) is 0 Å². The summed E-state index contributed by atoms with van der Waals surface area (Å²) in [4.78, 5) is 19.1. The lowest BCUT2D eigenvalue weighted by molar-refractivity contribution is -0.117. The molecule has 2 aliphatic heterocycles. The van der Waals surface area contributed by atoms with E-state index in [1.807, 2.05) is 12.1 Å². The topological polar surface area (TPSA) is 72.3 Å². The van der Waals surface area contributed by atoms with Crippen molar-refractivity contribution in [3.8, 4) is 0 Å². The van der Waals surface area contributed by atoms with Crippen LogP contribution in [0.1, 0.15) is 25.7 Å². The molecule has 1 aromatic rings. The highest BCUT2D eigenvalue weighted by molar-refractivity contribution is 5.95. The Balaban J connectivity index is 1.67. The van der Waals surface area contributed by atoms with Crippen LogP contribution < -0.4 is 9.80 Å². The Labute approximate surface area is 130 Å². The second-order valence-corrected chi connectivity index (χ2v) is 6.05. The molecule has 1 atom stereocenters. The van der Waals surface area contributed by atoms with E-state index in [0.29, 0.717) is 19.5 Å². The van der Waals surface area contributed by atoms with Gasteiger partial charge in [0.15, 0.2) is 0 Å². The first kappa shape index (κ1) is 14.7. The average molecular weight is 299 g/mol. The number of nitrogens with zero attached hydrogens (tertiary/aromatic N) is 5. The minimum atomic E-state index is 0.115. The molecule has 6 heteroatoms. The van der Waals surface area contributed by atoms with Crippen molar-refractivity contribution in [2.45, 2.75) is 25.7 Å². The van der Waals surface area contributed by atoms with E-state index >= 15 is 0 Å². The van der Waals surface area contributed by atoms with E-state index in [9.17, 15) is 4.79 Å². The number of rotatable bonds is 4. The molecule has 3 rings (SSSR count). The molecule has 0 saturated carbocycles. The molecule has 2 aliphatic rings. The predicted octanol–water partition coefficient (Wildman–Crippen LogP) is 3.34. The zero-order valence-corrected chi connectivity index (χ0v) is 12.7. The molecule has 116 valence electrons. The van der Waals surface area contributed by atoms with Gasteiger partial charge in [0.25, 0.3) is 0 Å². The van der Waals surface area contributed by atoms with Crippen LogP contribution >= 0.6 is 0 Å². The van der Waals surface area contributed by atoms with Crippen LogP contribution in [0.25, 0.3) is 10.4 Å². The summed E-state index contributed by atoms with van der Waals surface area (Å²) in [6.07, 6.45) is 4.30. The minimum absolute atomic E-state index is 0.115. The molecule has 22 heavy (non-hydrogen) atoms. The fourth-order valence-corrected chi connectivity index (χ4v) is 3.30. The fourth-order valence-electron chi connectivity index (χ4n) is 3.30. The summed E-state index contributed by atoms with van der Waals surface area (Å²) in [5.74, 6) is 0.244. The summed E-state index contributed by atoms with van der Waals surface area (Å²) in [5, 5.41) is 3.59. The van der Waals surface area contributed by atoms with Crippen LogP contribution in [0.3, 0.4) is 0 Å². The molecule has 0 N–H and O–H groups in total. The number of benzene rings is 1. The number of azide groups is 1. The van der Waals surface area contributed by atoms with Gasteiger partial charge in [-0.1, -0.05) is 5.11 Å². The number of carbonyl (C=O) groups is 1. The van der Waals surface area contributed by atoms with Crippen LogP contribution in [0.15, 0.2) is 29.4 Å². The number of amides is 1. The monoisotopic (exact) mass is 299 g/mol. The van der Waals surface area contributed by atoms with E-state index in [2.05, 4.69) is 27.1 Å². The van der Waals surface area contributed by atoms with Gasteiger partial charge in [-0.05, 0) is 55.0 Å². The Morgan fingerprint density at radius 2 is 1.82 bits per heavy atom. The van der Waals surface area contributed by atoms with Crippen LogP contribution in [-0.2, 0) is 4.79 Å². The molecular formula is C16H21N5O. The van der Waals surface area contributed by atoms with Gasteiger partial charge < -0.3 is 9.80 Å². The SMILES string of the molecule is [N-]=[N+]=NCC1CC(=O)N(c2ccc(N3CCCCC3)cc2)C1. The van der Waals surface area contributed by atoms with Gasteiger partial charge >= 0.3 is 0 Å². The van der Waals surface area contributed by atoms with Crippen molar-refractivity contribution in [3.63, 3.8) is 0 Å². The quantitative estimate of drug-likeness (QED) is 0.486. The number of hydrogen-bond donors (Lipinski definition) is 0. The minimum Gasteiger partial charge on any atom is -0.372 e. The Hall–Kier alpha value is -2.20.